The Labute approximate surface area is 104 Å². The fraction of sp³-hybridized carbons (Fsp3) is 0.308. The van der Waals surface area contributed by atoms with Crippen molar-refractivity contribution in [1.29, 1.82) is 0 Å². The summed E-state index contributed by atoms with van der Waals surface area (Å²) in [6.07, 6.45) is 0.914. The molecular weight excluding hydrogens is 241 g/mol. The molecular formula is C13H15F3N2. The lowest BCUT2D eigenvalue weighted by atomic mass is 10.1. The number of rotatable bonds is 4. The smallest absolute Gasteiger partial charge is 0.326 e. The third-order valence-corrected chi connectivity index (χ3v) is 2.35. The number of allylic oxidation sites excluding steroid dienone is 4. The van der Waals surface area contributed by atoms with Crippen LogP contribution in [0.5, 0.6) is 0 Å². The molecule has 0 fully saturated rings. The monoisotopic (exact) mass is 256 g/mol. The normalized spacial score (nSPS) is 13.3. The van der Waals surface area contributed by atoms with Crippen LogP contribution in [0.2, 0.25) is 0 Å². The van der Waals surface area contributed by atoms with Crippen molar-refractivity contribution in [3.8, 4) is 0 Å². The lowest BCUT2D eigenvalue weighted by molar-refractivity contribution is -0.0932. The van der Waals surface area contributed by atoms with E-state index in [1.807, 2.05) is 0 Å². The van der Waals surface area contributed by atoms with E-state index in [1.165, 1.54) is 12.3 Å². The third-order valence-electron chi connectivity index (χ3n) is 2.35. The molecule has 0 atom stereocenters. The van der Waals surface area contributed by atoms with Gasteiger partial charge in [-0.2, -0.15) is 13.2 Å². The van der Waals surface area contributed by atoms with E-state index in [-0.39, 0.29) is 6.42 Å². The molecule has 1 aromatic heterocycles. The molecule has 0 radical (unpaired) electrons. The first-order chi connectivity index (χ1) is 8.47. The lowest BCUT2D eigenvalue weighted by Gasteiger charge is -2.11. The van der Waals surface area contributed by atoms with Crippen LogP contribution in [0.4, 0.5) is 13.2 Å². The van der Waals surface area contributed by atoms with E-state index in [0.717, 1.165) is 11.6 Å². The van der Waals surface area contributed by atoms with Gasteiger partial charge in [-0.25, -0.2) is 0 Å². The highest BCUT2D eigenvalue weighted by Gasteiger charge is 2.33. The summed E-state index contributed by atoms with van der Waals surface area (Å²) >= 11 is 0. The van der Waals surface area contributed by atoms with E-state index in [1.54, 1.807) is 25.1 Å². The molecule has 1 rings (SSSR count). The largest absolute Gasteiger partial charge is 0.413 e. The molecule has 0 bridgehead atoms. The minimum Gasteiger partial charge on any atom is -0.326 e. The van der Waals surface area contributed by atoms with Gasteiger partial charge in [0, 0.05) is 30.4 Å². The van der Waals surface area contributed by atoms with Crippen LogP contribution in [-0.4, -0.2) is 11.2 Å². The number of nitrogens with zero attached hydrogens (tertiary/aromatic N) is 1. The van der Waals surface area contributed by atoms with E-state index in [2.05, 4.69) is 4.98 Å². The molecule has 0 aliphatic rings. The highest BCUT2D eigenvalue weighted by atomic mass is 19.4. The maximum atomic E-state index is 12.7. The van der Waals surface area contributed by atoms with Crippen LogP contribution < -0.4 is 5.73 Å². The number of aromatic nitrogens is 1. The van der Waals surface area contributed by atoms with Crippen molar-refractivity contribution in [3.05, 3.63) is 53.4 Å². The molecule has 5 heteroatoms. The number of halogens is 3. The first-order valence-electron chi connectivity index (χ1n) is 5.50. The number of pyridine rings is 1. The first kappa shape index (κ1) is 14.4. The summed E-state index contributed by atoms with van der Waals surface area (Å²) in [6.45, 7) is 1.99. The molecule has 0 amide bonds. The Morgan fingerprint density at radius 2 is 2.11 bits per heavy atom. The Balaban J connectivity index is 2.89. The van der Waals surface area contributed by atoms with Crippen molar-refractivity contribution in [1.82, 2.24) is 4.98 Å². The Bertz CT molecular complexity index is 431. The van der Waals surface area contributed by atoms with Crippen LogP contribution in [0.1, 0.15) is 18.2 Å². The van der Waals surface area contributed by atoms with Crippen LogP contribution in [-0.2, 0) is 13.0 Å². The van der Waals surface area contributed by atoms with Crippen molar-refractivity contribution in [2.45, 2.75) is 26.1 Å². The third kappa shape index (κ3) is 4.33. The minimum atomic E-state index is -4.34. The van der Waals surface area contributed by atoms with E-state index < -0.39 is 11.7 Å². The van der Waals surface area contributed by atoms with Crippen LogP contribution in [0.3, 0.4) is 0 Å². The van der Waals surface area contributed by atoms with E-state index in [9.17, 15) is 13.2 Å². The van der Waals surface area contributed by atoms with Crippen LogP contribution in [0.25, 0.3) is 0 Å². The van der Waals surface area contributed by atoms with Gasteiger partial charge in [-0.1, -0.05) is 24.3 Å². The average Bonchev–Trinajstić information content (AvgIpc) is 2.34. The molecule has 0 unspecified atom stereocenters. The zero-order chi connectivity index (χ0) is 13.6. The zero-order valence-corrected chi connectivity index (χ0v) is 10.0. The van der Waals surface area contributed by atoms with Crippen molar-refractivity contribution < 1.29 is 13.2 Å². The topological polar surface area (TPSA) is 38.9 Å². The Kier molecular flexibility index (Phi) is 5.09. The second-order valence-electron chi connectivity index (χ2n) is 3.75. The Morgan fingerprint density at radius 1 is 1.39 bits per heavy atom. The summed E-state index contributed by atoms with van der Waals surface area (Å²) in [5, 5.41) is 0. The predicted octanol–water partition coefficient (Wildman–Crippen LogP) is 3.15. The van der Waals surface area contributed by atoms with Gasteiger partial charge in [0.1, 0.15) is 0 Å². The molecule has 0 spiro atoms. The SMILES string of the molecule is C/C=C\C=C(/Cc1ccc(CN)cn1)C(F)(F)F. The first-order valence-corrected chi connectivity index (χ1v) is 5.50. The quantitative estimate of drug-likeness (QED) is 0.840. The van der Waals surface area contributed by atoms with Gasteiger partial charge >= 0.3 is 6.18 Å². The number of hydrogen-bond acceptors (Lipinski definition) is 2. The number of alkyl halides is 3. The van der Waals surface area contributed by atoms with E-state index >= 15 is 0 Å². The number of nitrogens with two attached hydrogens (primary N) is 1. The van der Waals surface area contributed by atoms with Crippen molar-refractivity contribution in [2.75, 3.05) is 0 Å². The molecule has 0 saturated carbocycles. The maximum absolute atomic E-state index is 12.7. The van der Waals surface area contributed by atoms with Gasteiger partial charge in [0.15, 0.2) is 0 Å². The van der Waals surface area contributed by atoms with Gasteiger partial charge in [0.2, 0.25) is 0 Å². The summed E-state index contributed by atoms with van der Waals surface area (Å²) in [4.78, 5) is 3.97. The molecule has 18 heavy (non-hydrogen) atoms. The minimum absolute atomic E-state index is 0.237. The summed E-state index contributed by atoms with van der Waals surface area (Å²) < 4.78 is 38.2. The molecule has 1 heterocycles. The maximum Gasteiger partial charge on any atom is 0.413 e. The van der Waals surface area contributed by atoms with Gasteiger partial charge in [0.25, 0.3) is 0 Å². The van der Waals surface area contributed by atoms with Gasteiger partial charge in [0.05, 0.1) is 0 Å². The molecule has 0 saturated heterocycles. The zero-order valence-electron chi connectivity index (χ0n) is 10.0. The van der Waals surface area contributed by atoms with E-state index in [4.69, 9.17) is 5.73 Å². The molecule has 98 valence electrons. The summed E-state index contributed by atoms with van der Waals surface area (Å²) in [5.74, 6) is 0. The van der Waals surface area contributed by atoms with Crippen molar-refractivity contribution >= 4 is 0 Å². The lowest BCUT2D eigenvalue weighted by Crippen LogP contribution is -2.14. The fourth-order valence-electron chi connectivity index (χ4n) is 1.34. The summed E-state index contributed by atoms with van der Waals surface area (Å²) in [7, 11) is 0. The highest BCUT2D eigenvalue weighted by molar-refractivity contribution is 5.24. The van der Waals surface area contributed by atoms with Gasteiger partial charge < -0.3 is 5.73 Å². The second-order valence-corrected chi connectivity index (χ2v) is 3.75. The molecule has 0 aromatic carbocycles. The van der Waals surface area contributed by atoms with Gasteiger partial charge in [-0.15, -0.1) is 0 Å². The Hall–Kier alpha value is -1.62. The highest BCUT2D eigenvalue weighted by Crippen LogP contribution is 2.28. The summed E-state index contributed by atoms with van der Waals surface area (Å²) in [5.41, 5.74) is 5.95. The average molecular weight is 256 g/mol. The molecule has 0 aliphatic carbocycles. The molecule has 1 aromatic rings. The van der Waals surface area contributed by atoms with Crippen molar-refractivity contribution in [3.63, 3.8) is 0 Å². The second kappa shape index (κ2) is 6.35. The molecule has 0 aliphatic heterocycles. The Morgan fingerprint density at radius 3 is 2.56 bits per heavy atom. The van der Waals surface area contributed by atoms with Crippen LogP contribution in [0.15, 0.2) is 42.1 Å². The van der Waals surface area contributed by atoms with Gasteiger partial charge in [-0.3, -0.25) is 4.98 Å². The van der Waals surface area contributed by atoms with Crippen molar-refractivity contribution in [2.24, 2.45) is 5.73 Å². The molecule has 2 N–H and O–H groups in total. The van der Waals surface area contributed by atoms with Crippen LogP contribution >= 0.6 is 0 Å². The van der Waals surface area contributed by atoms with E-state index in [0.29, 0.717) is 12.2 Å². The standard InChI is InChI=1S/C13H15F3N2/c1-2-3-4-11(13(14,15)16)7-12-6-5-10(8-17)9-18-12/h2-6,9H,7-8,17H2,1H3/b3-2-,11-4+. The number of hydrogen-bond donors (Lipinski definition) is 1. The summed E-state index contributed by atoms with van der Waals surface area (Å²) in [6, 6.07) is 3.25. The predicted molar refractivity (Wildman–Crippen MR) is 64.8 cm³/mol. The molecule has 2 nitrogen and oxygen atoms in total. The van der Waals surface area contributed by atoms with Gasteiger partial charge in [-0.05, 0) is 18.6 Å². The fourth-order valence-corrected chi connectivity index (χ4v) is 1.34. The van der Waals surface area contributed by atoms with Crippen LogP contribution in [0, 0.1) is 0 Å².